The molecule has 1 aliphatic heterocycles. The lowest BCUT2D eigenvalue weighted by Crippen LogP contribution is -2.31. The molecule has 0 amide bonds. The maximum absolute atomic E-state index is 5.68. The fourth-order valence-electron chi connectivity index (χ4n) is 2.48. The SMILES string of the molecule is CC(C)N1CC[C@@H](Nc2nc3ccccc3o2)C1. The van der Waals surface area contributed by atoms with Gasteiger partial charge < -0.3 is 9.73 Å². The van der Waals surface area contributed by atoms with Crippen molar-refractivity contribution < 1.29 is 4.42 Å². The Labute approximate surface area is 107 Å². The van der Waals surface area contributed by atoms with Crippen molar-refractivity contribution in [1.82, 2.24) is 9.88 Å². The summed E-state index contributed by atoms with van der Waals surface area (Å²) >= 11 is 0. The van der Waals surface area contributed by atoms with Crippen LogP contribution in [0.1, 0.15) is 20.3 Å². The number of fused-ring (bicyclic) bond motifs is 1. The van der Waals surface area contributed by atoms with Crippen LogP contribution in [0.25, 0.3) is 11.1 Å². The van der Waals surface area contributed by atoms with E-state index in [1.165, 1.54) is 0 Å². The Morgan fingerprint density at radius 3 is 2.94 bits per heavy atom. The van der Waals surface area contributed by atoms with Gasteiger partial charge in [0.05, 0.1) is 0 Å². The van der Waals surface area contributed by atoms with Gasteiger partial charge in [0.1, 0.15) is 5.52 Å². The van der Waals surface area contributed by atoms with E-state index < -0.39 is 0 Å². The van der Waals surface area contributed by atoms with Crippen molar-refractivity contribution in [2.45, 2.75) is 32.4 Å². The van der Waals surface area contributed by atoms with Crippen LogP contribution in [-0.2, 0) is 0 Å². The molecule has 1 atom stereocenters. The van der Waals surface area contributed by atoms with E-state index in [1.54, 1.807) is 0 Å². The van der Waals surface area contributed by atoms with E-state index >= 15 is 0 Å². The molecule has 0 saturated carbocycles. The number of para-hydroxylation sites is 2. The maximum Gasteiger partial charge on any atom is 0.295 e. The van der Waals surface area contributed by atoms with Crippen LogP contribution in [0.15, 0.2) is 28.7 Å². The first-order valence-corrected chi connectivity index (χ1v) is 6.58. The Morgan fingerprint density at radius 2 is 2.22 bits per heavy atom. The average Bonchev–Trinajstić information content (AvgIpc) is 2.94. The Hall–Kier alpha value is -1.55. The fourth-order valence-corrected chi connectivity index (χ4v) is 2.48. The average molecular weight is 245 g/mol. The quantitative estimate of drug-likeness (QED) is 0.902. The molecule has 0 spiro atoms. The first-order valence-electron chi connectivity index (χ1n) is 6.58. The second-order valence-corrected chi connectivity index (χ2v) is 5.21. The maximum atomic E-state index is 5.68. The van der Waals surface area contributed by atoms with Crippen molar-refractivity contribution in [3.05, 3.63) is 24.3 Å². The lowest BCUT2D eigenvalue weighted by molar-refractivity contribution is 0.274. The van der Waals surface area contributed by atoms with Crippen LogP contribution < -0.4 is 5.32 Å². The van der Waals surface area contributed by atoms with Gasteiger partial charge in [-0.2, -0.15) is 4.98 Å². The van der Waals surface area contributed by atoms with Gasteiger partial charge in [0.2, 0.25) is 0 Å². The van der Waals surface area contributed by atoms with E-state index in [-0.39, 0.29) is 0 Å². The fraction of sp³-hybridized carbons (Fsp3) is 0.500. The summed E-state index contributed by atoms with van der Waals surface area (Å²) in [5.41, 5.74) is 1.76. The van der Waals surface area contributed by atoms with E-state index in [0.717, 1.165) is 30.6 Å². The van der Waals surface area contributed by atoms with Gasteiger partial charge >= 0.3 is 0 Å². The lowest BCUT2D eigenvalue weighted by Gasteiger charge is -2.20. The molecule has 3 rings (SSSR count). The number of nitrogens with zero attached hydrogens (tertiary/aromatic N) is 2. The van der Waals surface area contributed by atoms with Gasteiger partial charge in [-0.05, 0) is 32.4 Å². The number of anilines is 1. The standard InChI is InChI=1S/C14H19N3O/c1-10(2)17-8-7-11(9-17)15-14-16-12-5-3-4-6-13(12)18-14/h3-6,10-11H,7-9H2,1-2H3,(H,15,16)/t11-/m1/s1. The zero-order chi connectivity index (χ0) is 12.5. The minimum absolute atomic E-state index is 0.445. The molecule has 0 unspecified atom stereocenters. The van der Waals surface area contributed by atoms with Crippen molar-refractivity contribution in [3.8, 4) is 0 Å². The molecule has 0 radical (unpaired) electrons. The van der Waals surface area contributed by atoms with Gasteiger partial charge in [-0.25, -0.2) is 0 Å². The highest BCUT2D eigenvalue weighted by Gasteiger charge is 2.25. The highest BCUT2D eigenvalue weighted by atomic mass is 16.4. The minimum atomic E-state index is 0.445. The summed E-state index contributed by atoms with van der Waals surface area (Å²) in [4.78, 5) is 6.92. The number of hydrogen-bond acceptors (Lipinski definition) is 4. The lowest BCUT2D eigenvalue weighted by atomic mass is 10.3. The normalized spacial score (nSPS) is 20.9. The summed E-state index contributed by atoms with van der Waals surface area (Å²) in [6.45, 7) is 6.69. The number of nitrogens with one attached hydrogen (secondary N) is 1. The minimum Gasteiger partial charge on any atom is -0.424 e. The Balaban J connectivity index is 1.70. The van der Waals surface area contributed by atoms with Crippen LogP contribution in [0, 0.1) is 0 Å². The number of rotatable bonds is 3. The summed E-state index contributed by atoms with van der Waals surface area (Å²) in [6.07, 6.45) is 1.15. The molecule has 1 N–H and O–H groups in total. The van der Waals surface area contributed by atoms with Crippen molar-refractivity contribution in [2.75, 3.05) is 18.4 Å². The monoisotopic (exact) mass is 245 g/mol. The molecule has 4 nitrogen and oxygen atoms in total. The molecule has 1 aromatic heterocycles. The van der Waals surface area contributed by atoms with Gasteiger partial charge in [0, 0.05) is 25.2 Å². The molecule has 96 valence electrons. The Kier molecular flexibility index (Phi) is 2.96. The Morgan fingerprint density at radius 1 is 1.39 bits per heavy atom. The Bertz CT molecular complexity index is 502. The summed E-state index contributed by atoms with van der Waals surface area (Å²) < 4.78 is 5.68. The van der Waals surface area contributed by atoms with E-state index in [1.807, 2.05) is 24.3 Å². The van der Waals surface area contributed by atoms with Crippen molar-refractivity contribution in [2.24, 2.45) is 0 Å². The molecule has 0 bridgehead atoms. The van der Waals surface area contributed by atoms with Crippen LogP contribution in [0.2, 0.25) is 0 Å². The molecule has 4 heteroatoms. The van der Waals surface area contributed by atoms with E-state index in [0.29, 0.717) is 18.1 Å². The highest BCUT2D eigenvalue weighted by Crippen LogP contribution is 2.21. The predicted molar refractivity (Wildman–Crippen MR) is 72.7 cm³/mol. The number of aromatic nitrogens is 1. The molecule has 0 aliphatic carbocycles. The predicted octanol–water partition coefficient (Wildman–Crippen LogP) is 2.72. The van der Waals surface area contributed by atoms with E-state index in [4.69, 9.17) is 4.42 Å². The number of likely N-dealkylation sites (tertiary alicyclic amines) is 1. The molecular weight excluding hydrogens is 226 g/mol. The van der Waals surface area contributed by atoms with Crippen LogP contribution >= 0.6 is 0 Å². The summed E-state index contributed by atoms with van der Waals surface area (Å²) in [5, 5.41) is 3.40. The van der Waals surface area contributed by atoms with Gasteiger partial charge in [0.25, 0.3) is 6.01 Å². The molecule has 2 aromatic rings. The van der Waals surface area contributed by atoms with Crippen LogP contribution in [0.5, 0.6) is 0 Å². The van der Waals surface area contributed by atoms with Crippen molar-refractivity contribution >= 4 is 17.1 Å². The molecule has 1 aromatic carbocycles. The zero-order valence-corrected chi connectivity index (χ0v) is 10.9. The second kappa shape index (κ2) is 4.61. The third kappa shape index (κ3) is 2.20. The summed E-state index contributed by atoms with van der Waals surface area (Å²) in [5.74, 6) is 0. The van der Waals surface area contributed by atoms with Gasteiger partial charge in [-0.3, -0.25) is 4.90 Å². The largest absolute Gasteiger partial charge is 0.424 e. The number of oxazole rings is 1. The van der Waals surface area contributed by atoms with Gasteiger partial charge in [-0.1, -0.05) is 12.1 Å². The van der Waals surface area contributed by atoms with Crippen LogP contribution in [0.4, 0.5) is 6.01 Å². The molecule has 18 heavy (non-hydrogen) atoms. The van der Waals surface area contributed by atoms with Crippen molar-refractivity contribution in [1.29, 1.82) is 0 Å². The zero-order valence-electron chi connectivity index (χ0n) is 10.9. The molecule has 2 heterocycles. The van der Waals surface area contributed by atoms with Crippen LogP contribution in [-0.4, -0.2) is 35.1 Å². The second-order valence-electron chi connectivity index (χ2n) is 5.21. The van der Waals surface area contributed by atoms with Gasteiger partial charge in [0.15, 0.2) is 5.58 Å². The molecule has 1 saturated heterocycles. The van der Waals surface area contributed by atoms with E-state index in [9.17, 15) is 0 Å². The smallest absolute Gasteiger partial charge is 0.295 e. The summed E-state index contributed by atoms with van der Waals surface area (Å²) in [6, 6.07) is 9.56. The topological polar surface area (TPSA) is 41.3 Å². The number of benzene rings is 1. The molecule has 1 aliphatic rings. The third-order valence-electron chi connectivity index (χ3n) is 3.57. The number of hydrogen-bond donors (Lipinski definition) is 1. The highest BCUT2D eigenvalue weighted by molar-refractivity contribution is 5.74. The van der Waals surface area contributed by atoms with Crippen molar-refractivity contribution in [3.63, 3.8) is 0 Å². The third-order valence-corrected chi connectivity index (χ3v) is 3.57. The van der Waals surface area contributed by atoms with E-state index in [2.05, 4.69) is 29.0 Å². The molecule has 1 fully saturated rings. The summed E-state index contributed by atoms with van der Waals surface area (Å²) in [7, 11) is 0. The first-order chi connectivity index (χ1) is 8.72. The van der Waals surface area contributed by atoms with Gasteiger partial charge in [-0.15, -0.1) is 0 Å². The molecular formula is C14H19N3O. The van der Waals surface area contributed by atoms with Crippen LogP contribution in [0.3, 0.4) is 0 Å². The first kappa shape index (κ1) is 11.5.